The largest absolute Gasteiger partial charge is 0.0801 e. The van der Waals surface area contributed by atoms with Crippen molar-refractivity contribution in [3.63, 3.8) is 0 Å². The van der Waals surface area contributed by atoms with Crippen LogP contribution in [0.15, 0.2) is 84.0 Å². The Balaban J connectivity index is 2.05. The summed E-state index contributed by atoms with van der Waals surface area (Å²) in [5.74, 6) is 1.39. The minimum Gasteiger partial charge on any atom is -0.0801 e. The van der Waals surface area contributed by atoms with Crippen molar-refractivity contribution < 1.29 is 0 Å². The summed E-state index contributed by atoms with van der Waals surface area (Å²) in [5.41, 5.74) is 8.82. The van der Waals surface area contributed by atoms with E-state index in [1.165, 1.54) is 46.3 Å². The summed E-state index contributed by atoms with van der Waals surface area (Å²) >= 11 is 0. The van der Waals surface area contributed by atoms with Crippen molar-refractivity contribution in [1.29, 1.82) is 0 Å². The van der Waals surface area contributed by atoms with Gasteiger partial charge < -0.3 is 0 Å². The predicted molar refractivity (Wildman–Crippen MR) is 134 cm³/mol. The molecule has 0 saturated heterocycles. The van der Waals surface area contributed by atoms with Gasteiger partial charge in [0.15, 0.2) is 0 Å². The molecule has 1 aromatic rings. The van der Waals surface area contributed by atoms with Crippen LogP contribution in [0.25, 0.3) is 11.1 Å². The molecular formula is C30H38. The number of allylic oxidation sites excluding steroid dienone is 12. The molecule has 0 aromatic heterocycles. The van der Waals surface area contributed by atoms with Crippen LogP contribution in [0, 0.1) is 11.8 Å². The van der Waals surface area contributed by atoms with Crippen molar-refractivity contribution in [2.45, 2.75) is 66.2 Å². The molecule has 0 amide bonds. The maximum absolute atomic E-state index is 2.47. The molecule has 0 N–H and O–H groups in total. The van der Waals surface area contributed by atoms with Crippen LogP contribution >= 0.6 is 0 Å². The monoisotopic (exact) mass is 398 g/mol. The molecule has 0 radical (unpaired) electrons. The number of rotatable bonds is 8. The molecule has 0 bridgehead atoms. The normalized spacial score (nSPS) is 20.9. The molecule has 0 nitrogen and oxygen atoms in total. The van der Waals surface area contributed by atoms with Crippen LogP contribution in [0.2, 0.25) is 0 Å². The van der Waals surface area contributed by atoms with Gasteiger partial charge in [-0.1, -0.05) is 107 Å². The first-order chi connectivity index (χ1) is 14.6. The van der Waals surface area contributed by atoms with Crippen LogP contribution in [-0.4, -0.2) is 0 Å². The van der Waals surface area contributed by atoms with Crippen LogP contribution in [0.4, 0.5) is 0 Å². The Labute approximate surface area is 184 Å². The van der Waals surface area contributed by atoms with Crippen molar-refractivity contribution in [3.8, 4) is 0 Å². The second-order valence-electron chi connectivity index (χ2n) is 9.01. The lowest BCUT2D eigenvalue weighted by atomic mass is 9.84. The van der Waals surface area contributed by atoms with Gasteiger partial charge in [-0.3, -0.25) is 0 Å². The summed E-state index contributed by atoms with van der Waals surface area (Å²) < 4.78 is 0. The first-order valence-corrected chi connectivity index (χ1v) is 11.8. The quantitative estimate of drug-likeness (QED) is 0.409. The zero-order valence-electron chi connectivity index (χ0n) is 19.3. The van der Waals surface area contributed by atoms with Crippen LogP contribution in [0.3, 0.4) is 0 Å². The van der Waals surface area contributed by atoms with Crippen molar-refractivity contribution in [3.05, 3.63) is 95.1 Å². The smallest absolute Gasteiger partial charge is 0.00914 e. The van der Waals surface area contributed by atoms with Gasteiger partial charge in [-0.25, -0.2) is 0 Å². The van der Waals surface area contributed by atoms with E-state index >= 15 is 0 Å². The van der Waals surface area contributed by atoms with Gasteiger partial charge >= 0.3 is 0 Å². The Morgan fingerprint density at radius 3 is 1.57 bits per heavy atom. The summed E-state index contributed by atoms with van der Waals surface area (Å²) in [6, 6.07) is 9.38. The molecule has 0 saturated carbocycles. The lowest BCUT2D eigenvalue weighted by Crippen LogP contribution is -2.02. The first kappa shape index (κ1) is 22.3. The lowest BCUT2D eigenvalue weighted by Gasteiger charge is -2.21. The molecule has 2 atom stereocenters. The van der Waals surface area contributed by atoms with Gasteiger partial charge in [0.25, 0.3) is 0 Å². The zero-order valence-corrected chi connectivity index (χ0v) is 19.3. The predicted octanol–water partition coefficient (Wildman–Crippen LogP) is 9.10. The summed E-state index contributed by atoms with van der Waals surface area (Å²) in [4.78, 5) is 0. The number of hydrogen-bond acceptors (Lipinski definition) is 0. The summed E-state index contributed by atoms with van der Waals surface area (Å²) in [5, 5.41) is 0. The van der Waals surface area contributed by atoms with Crippen LogP contribution in [0.1, 0.15) is 77.3 Å². The van der Waals surface area contributed by atoms with Gasteiger partial charge in [0.05, 0.1) is 0 Å². The summed E-state index contributed by atoms with van der Waals surface area (Å²) in [6.45, 7) is 9.36. The average Bonchev–Trinajstić information content (AvgIpc) is 2.81. The van der Waals surface area contributed by atoms with Gasteiger partial charge in [0.2, 0.25) is 0 Å². The van der Waals surface area contributed by atoms with E-state index in [2.05, 4.69) is 101 Å². The van der Waals surface area contributed by atoms with E-state index in [4.69, 9.17) is 0 Å². The van der Waals surface area contributed by atoms with E-state index in [9.17, 15) is 0 Å². The van der Waals surface area contributed by atoms with Crippen LogP contribution in [0.5, 0.6) is 0 Å². The van der Waals surface area contributed by atoms with Crippen molar-refractivity contribution >= 4 is 11.1 Å². The molecule has 0 heterocycles. The maximum Gasteiger partial charge on any atom is -0.00914 e. The molecule has 0 aliphatic heterocycles. The average molecular weight is 399 g/mol. The van der Waals surface area contributed by atoms with Crippen molar-refractivity contribution in [1.82, 2.24) is 0 Å². The van der Waals surface area contributed by atoms with E-state index in [0.29, 0.717) is 11.8 Å². The van der Waals surface area contributed by atoms with Gasteiger partial charge in [-0.15, -0.1) is 0 Å². The summed E-state index contributed by atoms with van der Waals surface area (Å²) in [7, 11) is 0. The molecular weight excluding hydrogens is 360 g/mol. The van der Waals surface area contributed by atoms with E-state index < -0.39 is 0 Å². The molecule has 30 heavy (non-hydrogen) atoms. The van der Waals surface area contributed by atoms with Crippen LogP contribution in [-0.2, 0) is 0 Å². The molecule has 2 aliphatic carbocycles. The third-order valence-corrected chi connectivity index (χ3v) is 6.60. The molecule has 1 aromatic carbocycles. The molecule has 158 valence electrons. The van der Waals surface area contributed by atoms with E-state index in [-0.39, 0.29) is 0 Å². The van der Waals surface area contributed by atoms with Gasteiger partial charge in [0, 0.05) is 0 Å². The molecule has 0 fully saturated rings. The fourth-order valence-electron chi connectivity index (χ4n) is 4.22. The highest BCUT2D eigenvalue weighted by atomic mass is 14.2. The third-order valence-electron chi connectivity index (χ3n) is 6.60. The van der Waals surface area contributed by atoms with Gasteiger partial charge in [-0.2, -0.15) is 0 Å². The number of benzene rings is 1. The first-order valence-electron chi connectivity index (χ1n) is 11.8. The van der Waals surface area contributed by atoms with E-state index in [0.717, 1.165) is 25.7 Å². The Kier molecular flexibility index (Phi) is 8.31. The number of hydrogen-bond donors (Lipinski definition) is 0. The Hall–Kier alpha value is -2.34. The Morgan fingerprint density at radius 2 is 1.20 bits per heavy atom. The van der Waals surface area contributed by atoms with Gasteiger partial charge in [-0.05, 0) is 77.0 Å². The second-order valence-corrected chi connectivity index (χ2v) is 9.01. The van der Waals surface area contributed by atoms with Crippen LogP contribution < -0.4 is 0 Å². The topological polar surface area (TPSA) is 0 Å². The fraction of sp³-hybridized carbons (Fsp3) is 0.400. The standard InChI is InChI=1S/C30H38/c1-5-23(3)20-29(25-14-9-7-10-15-25)27-18-13-19-28(22-27)30(21-24(4)6-2)26-16-11-8-12-17-26/h7-14,16,18-19,22-24H,5-6,15,17,20-21H2,1-4H3. The molecule has 0 heteroatoms. The molecule has 3 rings (SSSR count). The minimum atomic E-state index is 0.694. The highest BCUT2D eigenvalue weighted by molar-refractivity contribution is 5.78. The zero-order chi connectivity index (χ0) is 21.3. The Bertz CT molecular complexity index is 826. The van der Waals surface area contributed by atoms with E-state index in [1.54, 1.807) is 0 Å². The molecule has 0 spiro atoms. The molecule has 2 aliphatic rings. The highest BCUT2D eigenvalue weighted by Crippen LogP contribution is 2.35. The van der Waals surface area contributed by atoms with Crippen molar-refractivity contribution in [2.24, 2.45) is 11.8 Å². The minimum absolute atomic E-state index is 0.694. The Morgan fingerprint density at radius 1 is 0.733 bits per heavy atom. The second kappa shape index (κ2) is 11.2. The molecule has 2 unspecified atom stereocenters. The fourth-order valence-corrected chi connectivity index (χ4v) is 4.22. The summed E-state index contributed by atoms with van der Waals surface area (Å²) in [6.07, 6.45) is 24.7. The lowest BCUT2D eigenvalue weighted by molar-refractivity contribution is 0.577. The SMILES string of the molecule is CCC(C)CC(=C1C=CC=CC1)c1cccc(C(CC(C)CC)=C2C=CC=CC2)c1. The maximum atomic E-state index is 2.47. The van der Waals surface area contributed by atoms with E-state index in [1.807, 2.05) is 0 Å². The third kappa shape index (κ3) is 5.85. The van der Waals surface area contributed by atoms with Crippen molar-refractivity contribution in [2.75, 3.05) is 0 Å². The van der Waals surface area contributed by atoms with Gasteiger partial charge in [0.1, 0.15) is 0 Å². The highest BCUT2D eigenvalue weighted by Gasteiger charge is 2.16.